The van der Waals surface area contributed by atoms with Crippen LogP contribution < -0.4 is 0 Å². The minimum atomic E-state index is -0.947. The van der Waals surface area contributed by atoms with Gasteiger partial charge in [-0.3, -0.25) is 0 Å². The predicted molar refractivity (Wildman–Crippen MR) is 61.4 cm³/mol. The summed E-state index contributed by atoms with van der Waals surface area (Å²) in [5, 5.41) is 8.91. The lowest BCUT2D eigenvalue weighted by atomic mass is 10.1. The Hall–Kier alpha value is -2.09. The van der Waals surface area contributed by atoms with E-state index in [1.54, 1.807) is 18.2 Å². The Morgan fingerprint density at radius 1 is 1.27 bits per heavy atom. The molecule has 0 radical (unpaired) electrons. The standard InChI is InChI=1S/C13H12O2/c1-2-3-9-12(13(14)15)10-11-7-5-4-6-8-11/h2-10H,1H2,(H,14,15). The normalized spacial score (nSPS) is 11.6. The van der Waals surface area contributed by atoms with Crippen LogP contribution in [-0.4, -0.2) is 11.1 Å². The van der Waals surface area contributed by atoms with Gasteiger partial charge in [0.05, 0.1) is 5.57 Å². The quantitative estimate of drug-likeness (QED) is 0.599. The van der Waals surface area contributed by atoms with Gasteiger partial charge in [-0.25, -0.2) is 4.79 Å². The zero-order valence-electron chi connectivity index (χ0n) is 8.26. The van der Waals surface area contributed by atoms with Crippen molar-refractivity contribution in [1.82, 2.24) is 0 Å². The summed E-state index contributed by atoms with van der Waals surface area (Å²) < 4.78 is 0. The molecule has 76 valence electrons. The van der Waals surface area contributed by atoms with Crippen LogP contribution in [0, 0.1) is 0 Å². The SMILES string of the molecule is C=CC=CC(=Cc1ccccc1)C(=O)O. The average Bonchev–Trinajstić information content (AvgIpc) is 2.25. The fourth-order valence-electron chi connectivity index (χ4n) is 1.08. The maximum Gasteiger partial charge on any atom is 0.335 e. The van der Waals surface area contributed by atoms with Crippen molar-refractivity contribution in [2.24, 2.45) is 0 Å². The monoisotopic (exact) mass is 200 g/mol. The molecule has 0 aliphatic heterocycles. The Balaban J connectivity index is 2.99. The van der Waals surface area contributed by atoms with Crippen LogP contribution in [0.25, 0.3) is 6.08 Å². The van der Waals surface area contributed by atoms with Gasteiger partial charge in [0, 0.05) is 0 Å². The molecule has 0 bridgehead atoms. The molecule has 0 aromatic heterocycles. The van der Waals surface area contributed by atoms with Crippen LogP contribution >= 0.6 is 0 Å². The second kappa shape index (κ2) is 5.60. The Labute approximate surface area is 88.9 Å². The first-order valence-electron chi connectivity index (χ1n) is 4.53. The summed E-state index contributed by atoms with van der Waals surface area (Å²) in [7, 11) is 0. The Kier molecular flexibility index (Phi) is 4.10. The van der Waals surface area contributed by atoms with E-state index in [0.29, 0.717) is 0 Å². The van der Waals surface area contributed by atoms with Gasteiger partial charge in [0.2, 0.25) is 0 Å². The molecule has 0 saturated carbocycles. The summed E-state index contributed by atoms with van der Waals surface area (Å²) in [6, 6.07) is 9.32. The van der Waals surface area contributed by atoms with Gasteiger partial charge in [0.1, 0.15) is 0 Å². The second-order valence-corrected chi connectivity index (χ2v) is 2.91. The van der Waals surface area contributed by atoms with E-state index in [9.17, 15) is 4.79 Å². The molecule has 0 atom stereocenters. The van der Waals surface area contributed by atoms with E-state index < -0.39 is 5.97 Å². The van der Waals surface area contributed by atoms with Crippen LogP contribution in [0.4, 0.5) is 0 Å². The van der Waals surface area contributed by atoms with E-state index in [2.05, 4.69) is 6.58 Å². The van der Waals surface area contributed by atoms with E-state index in [4.69, 9.17) is 5.11 Å². The molecule has 2 nitrogen and oxygen atoms in total. The third kappa shape index (κ3) is 3.65. The third-order valence-electron chi connectivity index (χ3n) is 1.78. The summed E-state index contributed by atoms with van der Waals surface area (Å²) in [6.45, 7) is 3.49. The lowest BCUT2D eigenvalue weighted by molar-refractivity contribution is -0.132. The second-order valence-electron chi connectivity index (χ2n) is 2.91. The van der Waals surface area contributed by atoms with Crippen molar-refractivity contribution in [1.29, 1.82) is 0 Å². The smallest absolute Gasteiger partial charge is 0.335 e. The van der Waals surface area contributed by atoms with E-state index in [-0.39, 0.29) is 5.57 Å². The molecule has 1 aromatic carbocycles. The molecule has 0 saturated heterocycles. The number of carbonyl (C=O) groups is 1. The van der Waals surface area contributed by atoms with Gasteiger partial charge in [-0.1, -0.05) is 49.1 Å². The van der Waals surface area contributed by atoms with Gasteiger partial charge >= 0.3 is 5.97 Å². The molecule has 1 rings (SSSR count). The number of carboxylic acid groups (broad SMARTS) is 1. The van der Waals surface area contributed by atoms with Gasteiger partial charge in [-0.15, -0.1) is 0 Å². The molecule has 0 aliphatic carbocycles. The van der Waals surface area contributed by atoms with Crippen molar-refractivity contribution >= 4 is 12.0 Å². The van der Waals surface area contributed by atoms with Gasteiger partial charge < -0.3 is 5.11 Å². The van der Waals surface area contributed by atoms with Crippen LogP contribution in [0.2, 0.25) is 0 Å². The summed E-state index contributed by atoms with van der Waals surface area (Å²) >= 11 is 0. The summed E-state index contributed by atoms with van der Waals surface area (Å²) in [5.74, 6) is -0.947. The minimum Gasteiger partial charge on any atom is -0.478 e. The van der Waals surface area contributed by atoms with Crippen molar-refractivity contribution in [2.75, 3.05) is 0 Å². The van der Waals surface area contributed by atoms with E-state index >= 15 is 0 Å². The van der Waals surface area contributed by atoms with E-state index in [1.165, 1.54) is 6.08 Å². The lowest BCUT2D eigenvalue weighted by Gasteiger charge is -1.95. The average molecular weight is 200 g/mol. The van der Waals surface area contributed by atoms with Crippen LogP contribution in [-0.2, 0) is 4.79 Å². The highest BCUT2D eigenvalue weighted by molar-refractivity contribution is 5.95. The van der Waals surface area contributed by atoms with Crippen LogP contribution in [0.3, 0.4) is 0 Å². The molecular weight excluding hydrogens is 188 g/mol. The molecule has 1 N–H and O–H groups in total. The van der Waals surface area contributed by atoms with Crippen molar-refractivity contribution in [3.05, 3.63) is 66.3 Å². The topological polar surface area (TPSA) is 37.3 Å². The molecule has 0 spiro atoms. The predicted octanol–water partition coefficient (Wildman–Crippen LogP) is 2.90. The first-order chi connectivity index (χ1) is 7.24. The molecule has 1 aromatic rings. The highest BCUT2D eigenvalue weighted by Crippen LogP contribution is 2.08. The van der Waals surface area contributed by atoms with Gasteiger partial charge in [-0.2, -0.15) is 0 Å². The van der Waals surface area contributed by atoms with Crippen LogP contribution in [0.1, 0.15) is 5.56 Å². The van der Waals surface area contributed by atoms with Crippen molar-refractivity contribution in [3.63, 3.8) is 0 Å². The van der Waals surface area contributed by atoms with Gasteiger partial charge in [0.15, 0.2) is 0 Å². The highest BCUT2D eigenvalue weighted by atomic mass is 16.4. The maximum absolute atomic E-state index is 10.9. The van der Waals surface area contributed by atoms with Crippen molar-refractivity contribution in [3.8, 4) is 0 Å². The molecule has 0 amide bonds. The van der Waals surface area contributed by atoms with Gasteiger partial charge in [0.25, 0.3) is 0 Å². The zero-order valence-corrected chi connectivity index (χ0v) is 8.26. The minimum absolute atomic E-state index is 0.237. The first kappa shape index (κ1) is 11.0. The number of aliphatic carboxylic acids is 1. The van der Waals surface area contributed by atoms with Crippen molar-refractivity contribution in [2.45, 2.75) is 0 Å². The molecular formula is C13H12O2. The Bertz CT molecular complexity index is 400. The van der Waals surface area contributed by atoms with E-state index in [0.717, 1.165) is 5.56 Å². The number of hydrogen-bond donors (Lipinski definition) is 1. The van der Waals surface area contributed by atoms with Crippen LogP contribution in [0.15, 0.2) is 60.7 Å². The number of hydrogen-bond acceptors (Lipinski definition) is 1. The molecule has 0 fully saturated rings. The summed E-state index contributed by atoms with van der Waals surface area (Å²) in [4.78, 5) is 10.9. The van der Waals surface area contributed by atoms with E-state index in [1.807, 2.05) is 30.3 Å². The number of rotatable bonds is 4. The Morgan fingerprint density at radius 3 is 2.47 bits per heavy atom. The fraction of sp³-hybridized carbons (Fsp3) is 0. The summed E-state index contributed by atoms with van der Waals surface area (Å²) in [6.07, 6.45) is 6.27. The fourth-order valence-corrected chi connectivity index (χ4v) is 1.08. The lowest BCUT2D eigenvalue weighted by Crippen LogP contribution is -1.96. The molecule has 0 unspecified atom stereocenters. The number of carboxylic acids is 1. The van der Waals surface area contributed by atoms with Crippen LogP contribution in [0.5, 0.6) is 0 Å². The van der Waals surface area contributed by atoms with Crippen molar-refractivity contribution < 1.29 is 9.90 Å². The number of allylic oxidation sites excluding steroid dienone is 2. The molecule has 15 heavy (non-hydrogen) atoms. The molecule has 2 heteroatoms. The first-order valence-corrected chi connectivity index (χ1v) is 4.53. The molecule has 0 heterocycles. The summed E-state index contributed by atoms with van der Waals surface area (Å²) in [5.41, 5.74) is 1.10. The number of benzene rings is 1. The maximum atomic E-state index is 10.9. The zero-order chi connectivity index (χ0) is 11.1. The third-order valence-corrected chi connectivity index (χ3v) is 1.78. The largest absolute Gasteiger partial charge is 0.478 e. The highest BCUT2D eigenvalue weighted by Gasteiger charge is 2.01. The molecule has 0 aliphatic rings. The Morgan fingerprint density at radius 2 is 1.93 bits per heavy atom. The van der Waals surface area contributed by atoms with Gasteiger partial charge in [-0.05, 0) is 17.7 Å².